The van der Waals surface area contributed by atoms with E-state index in [9.17, 15) is 4.79 Å². The van der Waals surface area contributed by atoms with Crippen molar-refractivity contribution in [2.45, 2.75) is 13.8 Å². The number of carbonyl (C=O) groups excluding carboxylic acids is 1. The Kier molecular flexibility index (Phi) is 3.61. The molecule has 0 unspecified atom stereocenters. The number of nitrogens with one attached hydrogen (secondary N) is 2. The fourth-order valence-corrected chi connectivity index (χ4v) is 3.03. The minimum atomic E-state index is -0.130. The number of hydrogen-bond acceptors (Lipinski definition) is 2. The fraction of sp³-hybridized carbons (Fsp3) is 0.100. The third-order valence-corrected chi connectivity index (χ3v) is 4.49. The highest BCUT2D eigenvalue weighted by atomic mass is 16.1. The monoisotopic (exact) mass is 330 g/mol. The van der Waals surface area contributed by atoms with Crippen molar-refractivity contribution >= 4 is 22.5 Å². The average molecular weight is 330 g/mol. The van der Waals surface area contributed by atoms with E-state index in [1.807, 2.05) is 60.2 Å². The van der Waals surface area contributed by atoms with E-state index in [0.29, 0.717) is 5.56 Å². The molecule has 0 spiro atoms. The third-order valence-electron chi connectivity index (χ3n) is 4.49. The molecule has 0 saturated carbocycles. The number of aromatic nitrogens is 3. The largest absolute Gasteiger partial charge is 0.358 e. The Labute approximate surface area is 145 Å². The number of fused-ring (bicyclic) bond motifs is 1. The molecule has 2 heterocycles. The van der Waals surface area contributed by atoms with Gasteiger partial charge in [-0.25, -0.2) is 4.98 Å². The first-order valence-electron chi connectivity index (χ1n) is 8.11. The van der Waals surface area contributed by atoms with Crippen LogP contribution in [0, 0.1) is 13.8 Å². The second-order valence-electron chi connectivity index (χ2n) is 6.08. The summed E-state index contributed by atoms with van der Waals surface area (Å²) in [7, 11) is 0. The Balaban J connectivity index is 1.67. The summed E-state index contributed by atoms with van der Waals surface area (Å²) in [5, 5.41) is 4.07. The summed E-state index contributed by atoms with van der Waals surface area (Å²) in [4.78, 5) is 20.2. The molecular formula is C20H18N4O. The lowest BCUT2D eigenvalue weighted by Gasteiger charge is -2.09. The molecule has 25 heavy (non-hydrogen) atoms. The molecule has 5 nitrogen and oxygen atoms in total. The molecular weight excluding hydrogens is 312 g/mol. The van der Waals surface area contributed by atoms with Gasteiger partial charge in [0.25, 0.3) is 5.91 Å². The second-order valence-corrected chi connectivity index (χ2v) is 6.08. The van der Waals surface area contributed by atoms with Crippen LogP contribution in [0.5, 0.6) is 0 Å². The highest BCUT2D eigenvalue weighted by Crippen LogP contribution is 2.25. The molecule has 0 fully saturated rings. The van der Waals surface area contributed by atoms with Crippen molar-refractivity contribution in [3.05, 3.63) is 78.0 Å². The predicted octanol–water partition coefficient (Wildman–Crippen LogP) is 4.22. The van der Waals surface area contributed by atoms with Crippen LogP contribution in [-0.2, 0) is 0 Å². The summed E-state index contributed by atoms with van der Waals surface area (Å²) < 4.78 is 1.90. The minimum Gasteiger partial charge on any atom is -0.358 e. The van der Waals surface area contributed by atoms with E-state index in [2.05, 4.69) is 22.2 Å². The fourth-order valence-electron chi connectivity index (χ4n) is 3.03. The van der Waals surface area contributed by atoms with E-state index < -0.39 is 0 Å². The van der Waals surface area contributed by atoms with Gasteiger partial charge in [-0.2, -0.15) is 0 Å². The minimum absolute atomic E-state index is 0.130. The molecule has 0 radical (unpaired) electrons. The zero-order chi connectivity index (χ0) is 17.4. The van der Waals surface area contributed by atoms with Crippen molar-refractivity contribution in [2.24, 2.45) is 0 Å². The molecule has 0 aliphatic rings. The highest BCUT2D eigenvalue weighted by molar-refractivity contribution is 6.12. The van der Waals surface area contributed by atoms with Gasteiger partial charge >= 0.3 is 0 Å². The first-order valence-corrected chi connectivity index (χ1v) is 8.11. The normalized spacial score (nSPS) is 11.0. The lowest BCUT2D eigenvalue weighted by atomic mass is 10.1. The summed E-state index contributed by atoms with van der Waals surface area (Å²) in [5.74, 6) is -0.130. The summed E-state index contributed by atoms with van der Waals surface area (Å²) in [6, 6.07) is 13.5. The van der Waals surface area contributed by atoms with Gasteiger partial charge in [-0.1, -0.05) is 18.2 Å². The standard InChI is InChI=1S/C20H18N4O/c1-13-14(2)22-19-17(13)7-4-8-18(19)20(25)23-15-5-3-6-16(11-15)24-10-9-21-12-24/h3-12,22H,1-2H3,(H,23,25). The Morgan fingerprint density at radius 3 is 2.80 bits per heavy atom. The van der Waals surface area contributed by atoms with Crippen molar-refractivity contribution in [1.29, 1.82) is 0 Å². The molecule has 0 saturated heterocycles. The first-order chi connectivity index (χ1) is 12.1. The molecule has 0 atom stereocenters. The summed E-state index contributed by atoms with van der Waals surface area (Å²) in [6.07, 6.45) is 5.32. The van der Waals surface area contributed by atoms with Crippen LogP contribution in [0.15, 0.2) is 61.2 Å². The van der Waals surface area contributed by atoms with Gasteiger partial charge in [-0.15, -0.1) is 0 Å². The van der Waals surface area contributed by atoms with Crippen LogP contribution >= 0.6 is 0 Å². The molecule has 2 aromatic heterocycles. The van der Waals surface area contributed by atoms with E-state index in [1.165, 1.54) is 5.56 Å². The summed E-state index contributed by atoms with van der Waals surface area (Å²) in [5.41, 5.74) is 5.46. The highest BCUT2D eigenvalue weighted by Gasteiger charge is 2.14. The lowest BCUT2D eigenvalue weighted by Crippen LogP contribution is -2.12. The molecule has 2 N–H and O–H groups in total. The zero-order valence-corrected chi connectivity index (χ0v) is 14.1. The molecule has 0 bridgehead atoms. The zero-order valence-electron chi connectivity index (χ0n) is 14.1. The van der Waals surface area contributed by atoms with Crippen LogP contribution < -0.4 is 5.32 Å². The number of anilines is 1. The Hall–Kier alpha value is -3.34. The van der Waals surface area contributed by atoms with Crippen LogP contribution in [0.4, 0.5) is 5.69 Å². The number of para-hydroxylation sites is 1. The number of nitrogens with zero attached hydrogens (tertiary/aromatic N) is 2. The maximum Gasteiger partial charge on any atom is 0.257 e. The van der Waals surface area contributed by atoms with Crippen LogP contribution in [0.3, 0.4) is 0 Å². The second kappa shape index (κ2) is 5.94. The molecule has 0 aliphatic carbocycles. The molecule has 0 aliphatic heterocycles. The van der Waals surface area contributed by atoms with Gasteiger partial charge in [0.1, 0.15) is 0 Å². The molecule has 124 valence electrons. The van der Waals surface area contributed by atoms with Crippen molar-refractivity contribution in [1.82, 2.24) is 14.5 Å². The van der Waals surface area contributed by atoms with Crippen molar-refractivity contribution in [3.63, 3.8) is 0 Å². The third kappa shape index (κ3) is 2.70. The van der Waals surface area contributed by atoms with Crippen molar-refractivity contribution < 1.29 is 4.79 Å². The number of carbonyl (C=O) groups is 1. The number of imidazole rings is 1. The van der Waals surface area contributed by atoms with Crippen LogP contribution in [0.1, 0.15) is 21.6 Å². The van der Waals surface area contributed by atoms with Gasteiger partial charge < -0.3 is 14.9 Å². The van der Waals surface area contributed by atoms with E-state index in [1.54, 1.807) is 12.5 Å². The average Bonchev–Trinajstić information content (AvgIpc) is 3.24. The van der Waals surface area contributed by atoms with Crippen LogP contribution in [0.2, 0.25) is 0 Å². The molecule has 4 aromatic rings. The Bertz CT molecular complexity index is 1060. The quantitative estimate of drug-likeness (QED) is 0.591. The number of amides is 1. The summed E-state index contributed by atoms with van der Waals surface area (Å²) in [6.45, 7) is 4.08. The van der Waals surface area contributed by atoms with Gasteiger partial charge in [0.2, 0.25) is 0 Å². The van der Waals surface area contributed by atoms with Gasteiger partial charge in [0, 0.05) is 34.8 Å². The predicted molar refractivity (Wildman–Crippen MR) is 99.3 cm³/mol. The molecule has 2 aromatic carbocycles. The maximum atomic E-state index is 12.8. The van der Waals surface area contributed by atoms with Crippen molar-refractivity contribution in [2.75, 3.05) is 5.32 Å². The Morgan fingerprint density at radius 2 is 2.00 bits per heavy atom. The Morgan fingerprint density at radius 1 is 1.16 bits per heavy atom. The number of aromatic amines is 1. The topological polar surface area (TPSA) is 62.7 Å². The molecule has 5 heteroatoms. The first kappa shape index (κ1) is 15.2. The van der Waals surface area contributed by atoms with E-state index in [0.717, 1.165) is 28.0 Å². The number of hydrogen-bond donors (Lipinski definition) is 2. The van der Waals surface area contributed by atoms with E-state index >= 15 is 0 Å². The lowest BCUT2D eigenvalue weighted by molar-refractivity contribution is 0.102. The van der Waals surface area contributed by atoms with Crippen LogP contribution in [-0.4, -0.2) is 20.4 Å². The molecule has 4 rings (SSSR count). The van der Waals surface area contributed by atoms with Gasteiger partial charge in [-0.3, -0.25) is 4.79 Å². The van der Waals surface area contributed by atoms with Crippen LogP contribution in [0.25, 0.3) is 16.6 Å². The van der Waals surface area contributed by atoms with E-state index in [-0.39, 0.29) is 5.91 Å². The van der Waals surface area contributed by atoms with Crippen molar-refractivity contribution in [3.8, 4) is 5.69 Å². The number of H-pyrrole nitrogens is 1. The van der Waals surface area contributed by atoms with Gasteiger partial charge in [0.05, 0.1) is 17.4 Å². The van der Waals surface area contributed by atoms with Gasteiger partial charge in [-0.05, 0) is 43.7 Å². The summed E-state index contributed by atoms with van der Waals surface area (Å²) >= 11 is 0. The number of aryl methyl sites for hydroxylation is 2. The van der Waals surface area contributed by atoms with Gasteiger partial charge in [0.15, 0.2) is 0 Å². The molecule has 1 amide bonds. The van der Waals surface area contributed by atoms with E-state index in [4.69, 9.17) is 0 Å². The SMILES string of the molecule is Cc1[nH]c2c(C(=O)Nc3cccc(-n4ccnc4)c3)cccc2c1C. The maximum absolute atomic E-state index is 12.8. The number of rotatable bonds is 3. The smallest absolute Gasteiger partial charge is 0.257 e. The number of benzene rings is 2.